The monoisotopic (exact) mass is 279 g/mol. The van der Waals surface area contributed by atoms with E-state index < -0.39 is 5.97 Å². The Hall–Kier alpha value is -1.33. The number of benzene rings is 1. The fourth-order valence-electron chi connectivity index (χ4n) is 1.44. The van der Waals surface area contributed by atoms with Crippen molar-refractivity contribution in [3.63, 3.8) is 0 Å². The van der Waals surface area contributed by atoms with E-state index in [4.69, 9.17) is 5.11 Å². The first-order valence-electron chi connectivity index (χ1n) is 5.47. The van der Waals surface area contributed by atoms with Crippen molar-refractivity contribution in [1.29, 1.82) is 0 Å². The lowest BCUT2D eigenvalue weighted by Crippen LogP contribution is -1.99. The van der Waals surface area contributed by atoms with Crippen LogP contribution in [0.25, 0.3) is 0 Å². The van der Waals surface area contributed by atoms with Gasteiger partial charge in [-0.2, -0.15) is 0 Å². The SMILES string of the molecule is Cc1nc(Sc2ccc(CC(=O)O)cc2)sc1C. The maximum absolute atomic E-state index is 10.6. The summed E-state index contributed by atoms with van der Waals surface area (Å²) in [4.78, 5) is 17.4. The summed E-state index contributed by atoms with van der Waals surface area (Å²) in [5.74, 6) is -0.804. The molecular weight excluding hydrogens is 266 g/mol. The van der Waals surface area contributed by atoms with E-state index >= 15 is 0 Å². The van der Waals surface area contributed by atoms with Gasteiger partial charge in [-0.3, -0.25) is 4.79 Å². The lowest BCUT2D eigenvalue weighted by atomic mass is 10.2. The van der Waals surface area contributed by atoms with Crippen LogP contribution in [0.5, 0.6) is 0 Å². The zero-order valence-corrected chi connectivity index (χ0v) is 11.8. The molecule has 1 aromatic heterocycles. The van der Waals surface area contributed by atoms with Gasteiger partial charge in [0.15, 0.2) is 4.34 Å². The van der Waals surface area contributed by atoms with Crippen LogP contribution in [0.1, 0.15) is 16.1 Å². The number of thiazole rings is 1. The van der Waals surface area contributed by atoms with Crippen molar-refractivity contribution in [2.75, 3.05) is 0 Å². The Morgan fingerprint density at radius 3 is 2.50 bits per heavy atom. The van der Waals surface area contributed by atoms with Crippen LogP contribution in [0.3, 0.4) is 0 Å². The van der Waals surface area contributed by atoms with Crippen LogP contribution in [0, 0.1) is 13.8 Å². The molecule has 2 rings (SSSR count). The molecule has 0 atom stereocenters. The van der Waals surface area contributed by atoms with Crippen molar-refractivity contribution in [3.05, 3.63) is 40.4 Å². The van der Waals surface area contributed by atoms with Gasteiger partial charge in [0.1, 0.15) is 0 Å². The fourth-order valence-corrected chi connectivity index (χ4v) is 3.56. The van der Waals surface area contributed by atoms with Crippen LogP contribution >= 0.6 is 23.1 Å². The summed E-state index contributed by atoms with van der Waals surface area (Å²) >= 11 is 3.29. The normalized spacial score (nSPS) is 10.6. The Labute approximate surface area is 114 Å². The molecule has 0 aliphatic rings. The van der Waals surface area contributed by atoms with Gasteiger partial charge in [0, 0.05) is 9.77 Å². The van der Waals surface area contributed by atoms with Gasteiger partial charge in [-0.1, -0.05) is 23.9 Å². The van der Waals surface area contributed by atoms with Crippen LogP contribution in [0.15, 0.2) is 33.5 Å². The van der Waals surface area contributed by atoms with Crippen molar-refractivity contribution < 1.29 is 9.90 Å². The van der Waals surface area contributed by atoms with Gasteiger partial charge in [0.2, 0.25) is 0 Å². The molecule has 1 heterocycles. The highest BCUT2D eigenvalue weighted by molar-refractivity contribution is 8.01. The second kappa shape index (κ2) is 5.54. The average Bonchev–Trinajstić information content (AvgIpc) is 2.60. The van der Waals surface area contributed by atoms with E-state index in [2.05, 4.69) is 11.9 Å². The zero-order chi connectivity index (χ0) is 13.1. The van der Waals surface area contributed by atoms with E-state index in [1.807, 2.05) is 31.2 Å². The van der Waals surface area contributed by atoms with Crippen molar-refractivity contribution in [2.45, 2.75) is 29.5 Å². The van der Waals surface area contributed by atoms with Crippen molar-refractivity contribution in [3.8, 4) is 0 Å². The van der Waals surface area contributed by atoms with Crippen LogP contribution in [-0.2, 0) is 11.2 Å². The van der Waals surface area contributed by atoms with Crippen molar-refractivity contribution in [2.24, 2.45) is 0 Å². The van der Waals surface area contributed by atoms with Crippen LogP contribution in [0.4, 0.5) is 0 Å². The molecule has 2 aromatic rings. The molecule has 1 N–H and O–H groups in total. The number of nitrogens with zero attached hydrogens (tertiary/aromatic N) is 1. The van der Waals surface area contributed by atoms with E-state index in [0.717, 1.165) is 20.5 Å². The predicted octanol–water partition coefficient (Wildman–Crippen LogP) is 3.54. The lowest BCUT2D eigenvalue weighted by molar-refractivity contribution is -0.136. The minimum atomic E-state index is -0.804. The fraction of sp³-hybridized carbons (Fsp3) is 0.231. The maximum Gasteiger partial charge on any atom is 0.307 e. The van der Waals surface area contributed by atoms with Gasteiger partial charge < -0.3 is 5.11 Å². The molecule has 0 spiro atoms. The Bertz CT molecular complexity index is 541. The Balaban J connectivity index is 2.08. The second-order valence-corrected chi connectivity index (χ2v) is 6.46. The molecule has 5 heteroatoms. The molecule has 18 heavy (non-hydrogen) atoms. The van der Waals surface area contributed by atoms with Gasteiger partial charge in [0.25, 0.3) is 0 Å². The molecule has 3 nitrogen and oxygen atoms in total. The minimum Gasteiger partial charge on any atom is -0.481 e. The molecule has 94 valence electrons. The van der Waals surface area contributed by atoms with Gasteiger partial charge in [-0.15, -0.1) is 11.3 Å². The number of aromatic nitrogens is 1. The third kappa shape index (κ3) is 3.34. The molecule has 0 unspecified atom stereocenters. The summed E-state index contributed by atoms with van der Waals surface area (Å²) in [7, 11) is 0. The van der Waals surface area contributed by atoms with Gasteiger partial charge in [0.05, 0.1) is 12.1 Å². The molecule has 0 saturated heterocycles. The standard InChI is InChI=1S/C13H13NO2S2/c1-8-9(2)17-13(14-8)18-11-5-3-10(4-6-11)7-12(15)16/h3-6H,7H2,1-2H3,(H,15,16). The lowest BCUT2D eigenvalue weighted by Gasteiger charge is -2.00. The minimum absolute atomic E-state index is 0.0699. The summed E-state index contributed by atoms with van der Waals surface area (Å²) < 4.78 is 1.02. The Morgan fingerprint density at radius 2 is 2.00 bits per heavy atom. The van der Waals surface area contributed by atoms with E-state index in [-0.39, 0.29) is 6.42 Å². The number of carboxylic acids is 1. The smallest absolute Gasteiger partial charge is 0.307 e. The highest BCUT2D eigenvalue weighted by atomic mass is 32.2. The molecule has 0 aliphatic heterocycles. The molecule has 0 fully saturated rings. The molecule has 0 saturated carbocycles. The predicted molar refractivity (Wildman–Crippen MR) is 73.5 cm³/mol. The molecule has 0 aliphatic carbocycles. The third-order valence-electron chi connectivity index (χ3n) is 2.49. The number of hydrogen-bond acceptors (Lipinski definition) is 4. The van der Waals surface area contributed by atoms with Crippen LogP contribution < -0.4 is 0 Å². The summed E-state index contributed by atoms with van der Waals surface area (Å²) in [5, 5.41) is 8.69. The summed E-state index contributed by atoms with van der Waals surface area (Å²) in [6.45, 7) is 4.07. The second-order valence-electron chi connectivity index (χ2n) is 3.94. The quantitative estimate of drug-likeness (QED) is 0.930. The number of carboxylic acid groups (broad SMARTS) is 1. The number of hydrogen-bond donors (Lipinski definition) is 1. The highest BCUT2D eigenvalue weighted by Crippen LogP contribution is 2.32. The van der Waals surface area contributed by atoms with E-state index in [1.54, 1.807) is 23.1 Å². The number of rotatable bonds is 4. The maximum atomic E-state index is 10.6. The van der Waals surface area contributed by atoms with Gasteiger partial charge in [-0.25, -0.2) is 4.98 Å². The van der Waals surface area contributed by atoms with Gasteiger partial charge in [-0.05, 0) is 31.5 Å². The number of aliphatic carboxylic acids is 1. The third-order valence-corrected chi connectivity index (χ3v) is 4.63. The Kier molecular flexibility index (Phi) is 4.04. The zero-order valence-electron chi connectivity index (χ0n) is 10.1. The van der Waals surface area contributed by atoms with Crippen LogP contribution in [0.2, 0.25) is 0 Å². The summed E-state index contributed by atoms with van der Waals surface area (Å²) in [6, 6.07) is 7.58. The number of carbonyl (C=O) groups is 1. The van der Waals surface area contributed by atoms with E-state index in [9.17, 15) is 4.79 Å². The number of aryl methyl sites for hydroxylation is 2. The Morgan fingerprint density at radius 1 is 1.33 bits per heavy atom. The molecule has 0 bridgehead atoms. The van der Waals surface area contributed by atoms with Crippen molar-refractivity contribution >= 4 is 29.1 Å². The van der Waals surface area contributed by atoms with E-state index in [1.165, 1.54) is 4.88 Å². The largest absolute Gasteiger partial charge is 0.481 e. The first kappa shape index (κ1) is 13.1. The van der Waals surface area contributed by atoms with Gasteiger partial charge >= 0.3 is 5.97 Å². The molecule has 0 radical (unpaired) electrons. The average molecular weight is 279 g/mol. The molecule has 0 amide bonds. The van der Waals surface area contributed by atoms with Crippen LogP contribution in [-0.4, -0.2) is 16.1 Å². The van der Waals surface area contributed by atoms with Crippen molar-refractivity contribution in [1.82, 2.24) is 4.98 Å². The summed E-state index contributed by atoms with van der Waals surface area (Å²) in [5.41, 5.74) is 1.89. The topological polar surface area (TPSA) is 50.2 Å². The summed E-state index contributed by atoms with van der Waals surface area (Å²) in [6.07, 6.45) is 0.0699. The first-order chi connectivity index (χ1) is 8.54. The first-order valence-corrected chi connectivity index (χ1v) is 7.10. The molecular formula is C13H13NO2S2. The highest BCUT2D eigenvalue weighted by Gasteiger charge is 2.06. The molecule has 1 aromatic carbocycles. The van der Waals surface area contributed by atoms with E-state index in [0.29, 0.717) is 0 Å².